The average Bonchev–Trinajstić information content (AvgIpc) is 2.75. The molecule has 0 aromatic carbocycles. The second kappa shape index (κ2) is 5.03. The van der Waals surface area contributed by atoms with Gasteiger partial charge in [0, 0.05) is 13.1 Å². The molecule has 2 aromatic heterocycles. The van der Waals surface area contributed by atoms with Crippen LogP contribution in [0.5, 0.6) is 0 Å². The van der Waals surface area contributed by atoms with Gasteiger partial charge in [0.1, 0.15) is 16.5 Å². The number of ether oxygens (including phenoxy) is 1. The lowest BCUT2D eigenvalue weighted by Gasteiger charge is -2.34. The van der Waals surface area contributed by atoms with Crippen molar-refractivity contribution in [2.24, 2.45) is 0 Å². The van der Waals surface area contributed by atoms with Crippen molar-refractivity contribution in [3.63, 3.8) is 0 Å². The first-order valence-electron chi connectivity index (χ1n) is 6.49. The van der Waals surface area contributed by atoms with Crippen LogP contribution in [0.2, 0.25) is 0 Å². The van der Waals surface area contributed by atoms with E-state index in [-0.39, 0.29) is 12.2 Å². The highest BCUT2D eigenvalue weighted by Gasteiger charge is 2.23. The number of hydrogen-bond acceptors (Lipinski definition) is 6. The van der Waals surface area contributed by atoms with Crippen molar-refractivity contribution in [3.8, 4) is 0 Å². The Bertz CT molecular complexity index is 575. The standard InChI is InChI=1S/C13H18N4OS/c1-8-5-17(6-9(2)18-8)7-11-15-12(14)10-3-4-19-13(10)16-11/h3-4,8-9H,5-7H2,1-2H3,(H2,14,15,16)/t8-,9+. The summed E-state index contributed by atoms with van der Waals surface area (Å²) in [5, 5.41) is 2.95. The molecule has 0 bridgehead atoms. The molecule has 2 N–H and O–H groups in total. The van der Waals surface area contributed by atoms with Crippen LogP contribution in [0.3, 0.4) is 0 Å². The molecular weight excluding hydrogens is 260 g/mol. The van der Waals surface area contributed by atoms with Crippen LogP contribution in [-0.2, 0) is 11.3 Å². The second-order valence-electron chi connectivity index (χ2n) is 5.12. The highest BCUT2D eigenvalue weighted by molar-refractivity contribution is 7.16. The SMILES string of the molecule is C[C@@H]1CN(Cc2nc(N)c3ccsc3n2)C[C@H](C)O1. The van der Waals surface area contributed by atoms with Crippen molar-refractivity contribution < 1.29 is 4.74 Å². The fraction of sp³-hybridized carbons (Fsp3) is 0.538. The van der Waals surface area contributed by atoms with Gasteiger partial charge in [0.05, 0.1) is 24.1 Å². The molecule has 3 heterocycles. The van der Waals surface area contributed by atoms with Gasteiger partial charge in [-0.3, -0.25) is 4.90 Å². The lowest BCUT2D eigenvalue weighted by atomic mass is 10.2. The lowest BCUT2D eigenvalue weighted by Crippen LogP contribution is -2.45. The summed E-state index contributed by atoms with van der Waals surface area (Å²) in [5.41, 5.74) is 5.97. The summed E-state index contributed by atoms with van der Waals surface area (Å²) >= 11 is 1.60. The van der Waals surface area contributed by atoms with E-state index in [0.29, 0.717) is 5.82 Å². The van der Waals surface area contributed by atoms with Crippen molar-refractivity contribution in [1.29, 1.82) is 0 Å². The number of nitrogens with zero attached hydrogens (tertiary/aromatic N) is 3. The van der Waals surface area contributed by atoms with Gasteiger partial charge in [-0.25, -0.2) is 9.97 Å². The number of anilines is 1. The van der Waals surface area contributed by atoms with Gasteiger partial charge in [0.2, 0.25) is 0 Å². The first-order chi connectivity index (χ1) is 9.11. The summed E-state index contributed by atoms with van der Waals surface area (Å²) in [6.45, 7) is 6.75. The second-order valence-corrected chi connectivity index (χ2v) is 6.01. The molecule has 0 amide bonds. The summed E-state index contributed by atoms with van der Waals surface area (Å²) in [6.07, 6.45) is 0.512. The minimum atomic E-state index is 0.256. The molecule has 1 aliphatic heterocycles. The molecule has 1 aliphatic rings. The zero-order chi connectivity index (χ0) is 13.4. The van der Waals surface area contributed by atoms with Crippen LogP contribution in [0.25, 0.3) is 10.2 Å². The predicted molar refractivity (Wildman–Crippen MR) is 77.1 cm³/mol. The van der Waals surface area contributed by atoms with Crippen molar-refractivity contribution in [2.45, 2.75) is 32.6 Å². The Morgan fingerprint density at radius 3 is 2.84 bits per heavy atom. The molecule has 0 aliphatic carbocycles. The van der Waals surface area contributed by atoms with Crippen LogP contribution in [-0.4, -0.2) is 40.2 Å². The Kier molecular flexibility index (Phi) is 3.38. The predicted octanol–water partition coefficient (Wildman–Crippen LogP) is 1.88. The van der Waals surface area contributed by atoms with E-state index in [1.165, 1.54) is 0 Å². The molecule has 6 heteroatoms. The fourth-order valence-corrected chi connectivity index (χ4v) is 3.40. The van der Waals surface area contributed by atoms with Crippen LogP contribution in [0.4, 0.5) is 5.82 Å². The maximum absolute atomic E-state index is 5.97. The third kappa shape index (κ3) is 2.70. The highest BCUT2D eigenvalue weighted by atomic mass is 32.1. The van der Waals surface area contributed by atoms with E-state index >= 15 is 0 Å². The van der Waals surface area contributed by atoms with Gasteiger partial charge in [0.15, 0.2) is 0 Å². The summed E-state index contributed by atoms with van der Waals surface area (Å²) in [5.74, 6) is 1.38. The smallest absolute Gasteiger partial charge is 0.146 e. The Labute approximate surface area is 116 Å². The molecule has 1 fully saturated rings. The van der Waals surface area contributed by atoms with E-state index in [0.717, 1.165) is 35.7 Å². The first kappa shape index (κ1) is 12.8. The number of nitrogens with two attached hydrogens (primary N) is 1. The number of rotatable bonds is 2. The van der Waals surface area contributed by atoms with Gasteiger partial charge in [-0.15, -0.1) is 11.3 Å². The molecule has 0 radical (unpaired) electrons. The normalized spacial score (nSPS) is 24.9. The van der Waals surface area contributed by atoms with Gasteiger partial charge in [0.25, 0.3) is 0 Å². The molecule has 3 rings (SSSR count). The third-order valence-corrected chi connectivity index (χ3v) is 4.07. The summed E-state index contributed by atoms with van der Waals surface area (Å²) in [6, 6.07) is 1.97. The summed E-state index contributed by atoms with van der Waals surface area (Å²) < 4.78 is 5.73. The molecule has 0 spiro atoms. The van der Waals surface area contributed by atoms with Crippen molar-refractivity contribution >= 4 is 27.4 Å². The Hall–Kier alpha value is -1.24. The summed E-state index contributed by atoms with van der Waals surface area (Å²) in [4.78, 5) is 12.3. The van der Waals surface area contributed by atoms with Crippen molar-refractivity contribution in [2.75, 3.05) is 18.8 Å². The number of fused-ring (bicyclic) bond motifs is 1. The topological polar surface area (TPSA) is 64.3 Å². The van der Waals surface area contributed by atoms with Gasteiger partial charge < -0.3 is 10.5 Å². The lowest BCUT2D eigenvalue weighted by molar-refractivity contribution is -0.0710. The zero-order valence-electron chi connectivity index (χ0n) is 11.2. The van der Waals surface area contributed by atoms with E-state index in [2.05, 4.69) is 28.7 Å². The molecule has 1 saturated heterocycles. The molecule has 2 atom stereocenters. The molecule has 0 unspecified atom stereocenters. The Morgan fingerprint density at radius 1 is 1.37 bits per heavy atom. The molecule has 102 valence electrons. The van der Waals surface area contributed by atoms with Crippen molar-refractivity contribution in [1.82, 2.24) is 14.9 Å². The number of thiophene rings is 1. The maximum Gasteiger partial charge on any atom is 0.146 e. The molecule has 2 aromatic rings. The Morgan fingerprint density at radius 2 is 2.11 bits per heavy atom. The largest absolute Gasteiger partial charge is 0.383 e. The molecule has 0 saturated carbocycles. The number of nitrogen functional groups attached to an aromatic ring is 1. The number of aromatic nitrogens is 2. The van der Waals surface area contributed by atoms with Crippen LogP contribution in [0.1, 0.15) is 19.7 Å². The Balaban J connectivity index is 1.80. The number of hydrogen-bond donors (Lipinski definition) is 1. The highest BCUT2D eigenvalue weighted by Crippen LogP contribution is 2.23. The van der Waals surface area contributed by atoms with Crippen molar-refractivity contribution in [3.05, 3.63) is 17.3 Å². The molecular formula is C13H18N4OS. The minimum Gasteiger partial charge on any atom is -0.383 e. The van der Waals surface area contributed by atoms with Crippen LogP contribution >= 0.6 is 11.3 Å². The minimum absolute atomic E-state index is 0.256. The summed E-state index contributed by atoms with van der Waals surface area (Å²) in [7, 11) is 0. The van der Waals surface area contributed by atoms with E-state index in [1.54, 1.807) is 11.3 Å². The van der Waals surface area contributed by atoms with Gasteiger partial charge in [-0.05, 0) is 25.3 Å². The van der Waals surface area contributed by atoms with Crippen LogP contribution in [0.15, 0.2) is 11.4 Å². The van der Waals surface area contributed by atoms with Gasteiger partial charge in [-0.2, -0.15) is 0 Å². The monoisotopic (exact) mass is 278 g/mol. The third-order valence-electron chi connectivity index (χ3n) is 3.26. The number of morpholine rings is 1. The van der Waals surface area contributed by atoms with Gasteiger partial charge in [-0.1, -0.05) is 0 Å². The fourth-order valence-electron chi connectivity index (χ4n) is 2.61. The van der Waals surface area contributed by atoms with Gasteiger partial charge >= 0.3 is 0 Å². The average molecular weight is 278 g/mol. The molecule has 5 nitrogen and oxygen atoms in total. The molecule has 19 heavy (non-hydrogen) atoms. The maximum atomic E-state index is 5.97. The quantitative estimate of drug-likeness (QED) is 0.908. The zero-order valence-corrected chi connectivity index (χ0v) is 12.0. The first-order valence-corrected chi connectivity index (χ1v) is 7.37. The van der Waals surface area contributed by atoms with Crippen LogP contribution < -0.4 is 5.73 Å². The van der Waals surface area contributed by atoms with Crippen LogP contribution in [0, 0.1) is 0 Å². The van der Waals surface area contributed by atoms with E-state index < -0.39 is 0 Å². The van der Waals surface area contributed by atoms with E-state index in [1.807, 2.05) is 11.4 Å². The van der Waals surface area contributed by atoms with E-state index in [4.69, 9.17) is 10.5 Å². The van der Waals surface area contributed by atoms with E-state index in [9.17, 15) is 0 Å².